The van der Waals surface area contributed by atoms with Gasteiger partial charge in [0.15, 0.2) is 0 Å². The molecular formula is C15H13Cl3FN. The van der Waals surface area contributed by atoms with E-state index in [1.807, 2.05) is 13.0 Å². The van der Waals surface area contributed by atoms with Gasteiger partial charge in [-0.25, -0.2) is 4.39 Å². The van der Waals surface area contributed by atoms with E-state index in [4.69, 9.17) is 34.8 Å². The van der Waals surface area contributed by atoms with Crippen LogP contribution < -0.4 is 5.32 Å². The number of halogens is 4. The van der Waals surface area contributed by atoms with Crippen molar-refractivity contribution in [3.05, 3.63) is 62.8 Å². The van der Waals surface area contributed by atoms with Crippen molar-refractivity contribution in [3.63, 3.8) is 0 Å². The summed E-state index contributed by atoms with van der Waals surface area (Å²) in [6, 6.07) is 9.70. The first-order valence-corrected chi connectivity index (χ1v) is 7.31. The Hall–Kier alpha value is -0.960. The molecule has 0 bridgehead atoms. The molecule has 0 aromatic heterocycles. The van der Waals surface area contributed by atoms with Crippen molar-refractivity contribution in [2.75, 3.05) is 5.32 Å². The molecule has 0 aliphatic heterocycles. The fourth-order valence-electron chi connectivity index (χ4n) is 1.99. The first-order chi connectivity index (χ1) is 9.52. The van der Waals surface area contributed by atoms with Gasteiger partial charge in [-0.2, -0.15) is 0 Å². The summed E-state index contributed by atoms with van der Waals surface area (Å²) in [5.41, 5.74) is 1.14. The van der Waals surface area contributed by atoms with E-state index in [-0.39, 0.29) is 17.5 Å². The van der Waals surface area contributed by atoms with E-state index in [9.17, 15) is 4.39 Å². The predicted molar refractivity (Wildman–Crippen MR) is 84.5 cm³/mol. The average molecular weight is 333 g/mol. The topological polar surface area (TPSA) is 12.0 Å². The third-order valence-electron chi connectivity index (χ3n) is 3.03. The largest absolute Gasteiger partial charge is 0.375 e. The Morgan fingerprint density at radius 2 is 1.85 bits per heavy atom. The maximum atomic E-state index is 13.8. The Morgan fingerprint density at radius 3 is 2.45 bits per heavy atom. The minimum Gasteiger partial charge on any atom is -0.375 e. The second-order valence-corrected chi connectivity index (χ2v) is 5.62. The van der Waals surface area contributed by atoms with Gasteiger partial charge < -0.3 is 5.32 Å². The molecule has 0 radical (unpaired) electrons. The zero-order valence-corrected chi connectivity index (χ0v) is 13.0. The molecule has 0 heterocycles. The van der Waals surface area contributed by atoms with Crippen LogP contribution in [0.25, 0.3) is 0 Å². The Morgan fingerprint density at radius 1 is 1.10 bits per heavy atom. The predicted octanol–water partition coefficient (Wildman–Crippen LogP) is 6.35. The molecule has 0 spiro atoms. The lowest BCUT2D eigenvalue weighted by Crippen LogP contribution is -2.11. The van der Waals surface area contributed by atoms with E-state index in [0.717, 1.165) is 12.0 Å². The van der Waals surface area contributed by atoms with Gasteiger partial charge in [0.1, 0.15) is 5.82 Å². The second kappa shape index (κ2) is 6.66. The molecule has 2 aromatic rings. The van der Waals surface area contributed by atoms with Crippen molar-refractivity contribution in [1.29, 1.82) is 0 Å². The highest BCUT2D eigenvalue weighted by molar-refractivity contribution is 6.35. The third-order valence-corrected chi connectivity index (χ3v) is 3.90. The summed E-state index contributed by atoms with van der Waals surface area (Å²) >= 11 is 18.1. The summed E-state index contributed by atoms with van der Waals surface area (Å²) in [5, 5.41) is 4.56. The van der Waals surface area contributed by atoms with Gasteiger partial charge >= 0.3 is 0 Å². The lowest BCUT2D eigenvalue weighted by molar-refractivity contribution is 0.624. The summed E-state index contributed by atoms with van der Waals surface area (Å²) < 4.78 is 13.8. The smallest absolute Gasteiger partial charge is 0.147 e. The van der Waals surface area contributed by atoms with Crippen molar-refractivity contribution < 1.29 is 4.39 Å². The van der Waals surface area contributed by atoms with Crippen molar-refractivity contribution >= 4 is 40.5 Å². The lowest BCUT2D eigenvalue weighted by Gasteiger charge is -2.21. The van der Waals surface area contributed by atoms with Gasteiger partial charge in [-0.15, -0.1) is 0 Å². The average Bonchev–Trinajstić information content (AvgIpc) is 2.40. The van der Waals surface area contributed by atoms with E-state index in [2.05, 4.69) is 5.32 Å². The Labute approximate surface area is 132 Å². The van der Waals surface area contributed by atoms with Gasteiger partial charge in [-0.3, -0.25) is 0 Å². The lowest BCUT2D eigenvalue weighted by atomic mass is 10.0. The van der Waals surface area contributed by atoms with Crippen LogP contribution in [0, 0.1) is 5.82 Å². The minimum atomic E-state index is -0.388. The van der Waals surface area contributed by atoms with Gasteiger partial charge in [0.25, 0.3) is 0 Å². The van der Waals surface area contributed by atoms with Gasteiger partial charge in [0.05, 0.1) is 16.8 Å². The van der Waals surface area contributed by atoms with Crippen molar-refractivity contribution in [1.82, 2.24) is 0 Å². The zero-order valence-electron chi connectivity index (χ0n) is 10.8. The highest BCUT2D eigenvalue weighted by atomic mass is 35.5. The molecule has 20 heavy (non-hydrogen) atoms. The molecule has 106 valence electrons. The first-order valence-electron chi connectivity index (χ1n) is 6.18. The van der Waals surface area contributed by atoms with Gasteiger partial charge in [0, 0.05) is 10.0 Å². The van der Waals surface area contributed by atoms with Crippen LogP contribution in [-0.4, -0.2) is 0 Å². The van der Waals surface area contributed by atoms with Crippen LogP contribution in [0.2, 0.25) is 15.1 Å². The monoisotopic (exact) mass is 331 g/mol. The summed E-state index contributed by atoms with van der Waals surface area (Å²) in [7, 11) is 0. The molecule has 0 saturated carbocycles. The molecule has 0 fully saturated rings. The summed E-state index contributed by atoms with van der Waals surface area (Å²) in [6.07, 6.45) is 0.728. The molecule has 0 aliphatic rings. The molecular weight excluding hydrogens is 320 g/mol. The molecule has 2 aromatic carbocycles. The maximum absolute atomic E-state index is 13.8. The molecule has 1 atom stereocenters. The van der Waals surface area contributed by atoms with Gasteiger partial charge in [-0.05, 0) is 36.2 Å². The number of hydrogen-bond donors (Lipinski definition) is 1. The van der Waals surface area contributed by atoms with E-state index in [1.54, 1.807) is 24.3 Å². The van der Waals surface area contributed by atoms with Crippen molar-refractivity contribution in [3.8, 4) is 0 Å². The fraction of sp³-hybridized carbons (Fsp3) is 0.200. The first kappa shape index (κ1) is 15.4. The van der Waals surface area contributed by atoms with Crippen LogP contribution in [0.5, 0.6) is 0 Å². The zero-order chi connectivity index (χ0) is 14.7. The van der Waals surface area contributed by atoms with Crippen LogP contribution in [-0.2, 0) is 0 Å². The van der Waals surface area contributed by atoms with E-state index in [1.165, 1.54) is 6.07 Å². The van der Waals surface area contributed by atoms with Crippen molar-refractivity contribution in [2.24, 2.45) is 0 Å². The fourth-order valence-corrected chi connectivity index (χ4v) is 2.75. The SMILES string of the molecule is CCC(Nc1c(F)cccc1Cl)c1ccc(Cl)cc1Cl. The highest BCUT2D eigenvalue weighted by Crippen LogP contribution is 2.33. The van der Waals surface area contributed by atoms with Crippen LogP contribution >= 0.6 is 34.8 Å². The van der Waals surface area contributed by atoms with E-state index >= 15 is 0 Å². The van der Waals surface area contributed by atoms with Crippen LogP contribution in [0.1, 0.15) is 24.9 Å². The molecule has 1 nitrogen and oxygen atoms in total. The highest BCUT2D eigenvalue weighted by Gasteiger charge is 2.16. The third kappa shape index (κ3) is 3.38. The standard InChI is InChI=1S/C15H13Cl3FN/c1-2-14(10-7-6-9(16)8-12(10)18)20-15-11(17)4-3-5-13(15)19/h3-8,14,20H,2H2,1H3. The Balaban J connectivity index is 2.34. The molecule has 0 saturated heterocycles. The van der Waals surface area contributed by atoms with Crippen LogP contribution in [0.15, 0.2) is 36.4 Å². The summed E-state index contributed by atoms with van der Waals surface area (Å²) in [5.74, 6) is -0.388. The number of benzene rings is 2. The number of anilines is 1. The molecule has 1 unspecified atom stereocenters. The normalized spacial score (nSPS) is 12.2. The number of hydrogen-bond acceptors (Lipinski definition) is 1. The number of rotatable bonds is 4. The molecule has 1 N–H and O–H groups in total. The molecule has 0 aliphatic carbocycles. The molecule has 2 rings (SSSR count). The minimum absolute atomic E-state index is 0.144. The molecule has 5 heteroatoms. The Bertz CT molecular complexity index is 596. The van der Waals surface area contributed by atoms with E-state index < -0.39 is 0 Å². The molecule has 0 amide bonds. The van der Waals surface area contributed by atoms with Gasteiger partial charge in [0.2, 0.25) is 0 Å². The van der Waals surface area contributed by atoms with Crippen LogP contribution in [0.4, 0.5) is 10.1 Å². The van der Waals surface area contributed by atoms with Crippen molar-refractivity contribution in [2.45, 2.75) is 19.4 Å². The van der Waals surface area contributed by atoms with E-state index in [0.29, 0.717) is 15.1 Å². The quantitative estimate of drug-likeness (QED) is 0.688. The maximum Gasteiger partial charge on any atom is 0.147 e. The second-order valence-electron chi connectivity index (χ2n) is 4.37. The Kier molecular flexibility index (Phi) is 5.14. The van der Waals surface area contributed by atoms with Crippen LogP contribution in [0.3, 0.4) is 0 Å². The summed E-state index contributed by atoms with van der Waals surface area (Å²) in [4.78, 5) is 0. The number of nitrogens with one attached hydrogen (secondary N) is 1. The summed E-state index contributed by atoms with van der Waals surface area (Å²) in [6.45, 7) is 1.98. The van der Waals surface area contributed by atoms with Gasteiger partial charge in [-0.1, -0.05) is 53.9 Å². The number of para-hydroxylation sites is 1.